The third-order valence-electron chi connectivity index (χ3n) is 4.39. The summed E-state index contributed by atoms with van der Waals surface area (Å²) < 4.78 is 69.3. The number of amides is 1. The Balaban J connectivity index is 2.13. The van der Waals surface area contributed by atoms with Gasteiger partial charge in [0.05, 0.1) is 24.6 Å². The predicted octanol–water partition coefficient (Wildman–Crippen LogP) is 3.23. The molecular formula is C20H23F3N2O4S. The van der Waals surface area contributed by atoms with E-state index < -0.39 is 33.7 Å². The lowest BCUT2D eigenvalue weighted by Gasteiger charge is -2.28. The van der Waals surface area contributed by atoms with Crippen LogP contribution in [0.3, 0.4) is 0 Å². The molecule has 0 bridgehead atoms. The number of halogens is 3. The number of ether oxygens (including phenoxy) is 1. The Morgan fingerprint density at radius 2 is 1.80 bits per heavy atom. The van der Waals surface area contributed by atoms with Crippen LogP contribution in [0.1, 0.15) is 18.1 Å². The van der Waals surface area contributed by atoms with Crippen molar-refractivity contribution in [1.82, 2.24) is 5.32 Å². The van der Waals surface area contributed by atoms with Crippen molar-refractivity contribution in [2.75, 3.05) is 24.2 Å². The van der Waals surface area contributed by atoms with E-state index in [2.05, 4.69) is 5.32 Å². The highest BCUT2D eigenvalue weighted by atomic mass is 32.2. The van der Waals surface area contributed by atoms with Gasteiger partial charge in [-0.2, -0.15) is 13.2 Å². The third kappa shape index (κ3) is 6.12. The van der Waals surface area contributed by atoms with E-state index in [0.29, 0.717) is 22.5 Å². The number of alkyl halides is 3. The lowest BCUT2D eigenvalue weighted by Crippen LogP contribution is -2.48. The average Bonchev–Trinajstić information content (AvgIpc) is 2.67. The number of nitrogens with one attached hydrogen (secondary N) is 1. The fraction of sp³-hybridized carbons (Fsp3) is 0.350. The summed E-state index contributed by atoms with van der Waals surface area (Å²) in [5, 5.41) is 2.63. The van der Waals surface area contributed by atoms with Crippen LogP contribution in [0.5, 0.6) is 5.75 Å². The molecule has 0 aliphatic carbocycles. The predicted molar refractivity (Wildman–Crippen MR) is 108 cm³/mol. The number of hydrogen-bond donors (Lipinski definition) is 1. The highest BCUT2D eigenvalue weighted by molar-refractivity contribution is 7.92. The van der Waals surface area contributed by atoms with E-state index in [0.717, 1.165) is 24.0 Å². The zero-order valence-electron chi connectivity index (χ0n) is 16.7. The molecule has 6 nitrogen and oxygen atoms in total. The van der Waals surface area contributed by atoms with Gasteiger partial charge in [-0.25, -0.2) is 8.42 Å². The summed E-state index contributed by atoms with van der Waals surface area (Å²) in [6.07, 6.45) is -3.30. The van der Waals surface area contributed by atoms with Gasteiger partial charge in [-0.05, 0) is 49.2 Å². The normalized spacial score (nSPS) is 12.9. The number of carbonyl (C=O) groups is 1. The Morgan fingerprint density at radius 1 is 1.17 bits per heavy atom. The minimum absolute atomic E-state index is 0.231. The highest BCUT2D eigenvalue weighted by Gasteiger charge is 2.33. The van der Waals surface area contributed by atoms with Gasteiger partial charge in [0.15, 0.2) is 0 Å². The molecule has 0 radical (unpaired) electrons. The first-order valence-electron chi connectivity index (χ1n) is 9.01. The van der Waals surface area contributed by atoms with Gasteiger partial charge in [-0.1, -0.05) is 18.2 Å². The van der Waals surface area contributed by atoms with Crippen LogP contribution in [0.4, 0.5) is 18.9 Å². The van der Waals surface area contributed by atoms with Gasteiger partial charge in [-0.15, -0.1) is 0 Å². The topological polar surface area (TPSA) is 75.7 Å². The lowest BCUT2D eigenvalue weighted by atomic mass is 10.1. The van der Waals surface area contributed by atoms with Crippen molar-refractivity contribution >= 4 is 21.6 Å². The van der Waals surface area contributed by atoms with Crippen molar-refractivity contribution in [3.8, 4) is 5.75 Å². The maximum absolute atomic E-state index is 13.0. The van der Waals surface area contributed by atoms with Crippen LogP contribution in [0.25, 0.3) is 0 Å². The number of carbonyl (C=O) groups excluding carboxylic acids is 1. The SMILES string of the molecule is COc1ccc(CCNC(=O)[C@@H](C)N(c2cccc(C(F)(F)F)c2)S(C)(=O)=O)cc1. The quantitative estimate of drug-likeness (QED) is 0.678. The monoisotopic (exact) mass is 444 g/mol. The molecule has 2 aromatic rings. The molecule has 0 aliphatic heterocycles. The Hall–Kier alpha value is -2.75. The summed E-state index contributed by atoms with van der Waals surface area (Å²) in [5.74, 6) is 0.0765. The van der Waals surface area contributed by atoms with E-state index in [1.165, 1.54) is 13.0 Å². The Kier molecular flexibility index (Phi) is 7.35. The van der Waals surface area contributed by atoms with Crippen molar-refractivity contribution < 1.29 is 31.1 Å². The van der Waals surface area contributed by atoms with Crippen LogP contribution >= 0.6 is 0 Å². The number of hydrogen-bond acceptors (Lipinski definition) is 4. The van der Waals surface area contributed by atoms with Gasteiger partial charge in [-0.3, -0.25) is 9.10 Å². The molecule has 0 aliphatic rings. The van der Waals surface area contributed by atoms with Crippen LogP contribution in [0, 0.1) is 0 Å². The van der Waals surface area contributed by atoms with E-state index in [1.807, 2.05) is 12.1 Å². The second kappa shape index (κ2) is 9.38. The van der Waals surface area contributed by atoms with Crippen LogP contribution in [-0.4, -0.2) is 40.3 Å². The van der Waals surface area contributed by atoms with Crippen molar-refractivity contribution in [3.63, 3.8) is 0 Å². The van der Waals surface area contributed by atoms with Crippen LogP contribution in [0.2, 0.25) is 0 Å². The maximum atomic E-state index is 13.0. The fourth-order valence-electron chi connectivity index (χ4n) is 2.90. The van der Waals surface area contributed by atoms with E-state index in [-0.39, 0.29) is 12.2 Å². The van der Waals surface area contributed by atoms with Crippen LogP contribution < -0.4 is 14.4 Å². The third-order valence-corrected chi connectivity index (χ3v) is 5.63. The Morgan fingerprint density at radius 3 is 2.33 bits per heavy atom. The first-order chi connectivity index (χ1) is 13.9. The largest absolute Gasteiger partial charge is 0.497 e. The molecule has 1 atom stereocenters. The van der Waals surface area contributed by atoms with Crippen molar-refractivity contribution in [2.45, 2.75) is 25.6 Å². The Labute approximate surface area is 173 Å². The van der Waals surface area contributed by atoms with Gasteiger partial charge < -0.3 is 10.1 Å². The highest BCUT2D eigenvalue weighted by Crippen LogP contribution is 2.32. The van der Waals surface area contributed by atoms with Crippen molar-refractivity contribution in [3.05, 3.63) is 59.7 Å². The number of benzene rings is 2. The minimum atomic E-state index is -4.64. The molecule has 0 fully saturated rings. The zero-order chi connectivity index (χ0) is 22.5. The maximum Gasteiger partial charge on any atom is 0.416 e. The number of methoxy groups -OCH3 is 1. The molecule has 1 amide bonds. The zero-order valence-corrected chi connectivity index (χ0v) is 17.5. The second-order valence-electron chi connectivity index (χ2n) is 6.67. The van der Waals surface area contributed by atoms with Gasteiger partial charge in [0.25, 0.3) is 0 Å². The van der Waals surface area contributed by atoms with Gasteiger partial charge in [0.2, 0.25) is 15.9 Å². The van der Waals surface area contributed by atoms with E-state index in [4.69, 9.17) is 4.74 Å². The molecular weight excluding hydrogens is 421 g/mol. The van der Waals surface area contributed by atoms with Gasteiger partial charge >= 0.3 is 6.18 Å². The van der Waals surface area contributed by atoms with Crippen LogP contribution in [-0.2, 0) is 27.4 Å². The summed E-state index contributed by atoms with van der Waals surface area (Å²) in [6.45, 7) is 1.56. The molecule has 0 saturated heterocycles. The van der Waals surface area contributed by atoms with Crippen LogP contribution in [0.15, 0.2) is 48.5 Å². The first-order valence-corrected chi connectivity index (χ1v) is 10.9. The Bertz CT molecular complexity index is 976. The number of anilines is 1. The average molecular weight is 444 g/mol. The molecule has 2 rings (SSSR count). The van der Waals surface area contributed by atoms with Gasteiger partial charge in [0, 0.05) is 6.54 Å². The molecule has 30 heavy (non-hydrogen) atoms. The van der Waals surface area contributed by atoms with E-state index >= 15 is 0 Å². The number of sulfonamides is 1. The lowest BCUT2D eigenvalue weighted by molar-refractivity contribution is -0.137. The fourth-order valence-corrected chi connectivity index (χ4v) is 4.06. The molecule has 1 N–H and O–H groups in total. The molecule has 0 unspecified atom stereocenters. The summed E-state index contributed by atoms with van der Waals surface area (Å²) >= 11 is 0. The standard InChI is InChI=1S/C20H23F3N2O4S/c1-14(19(26)24-12-11-15-7-9-18(29-2)10-8-15)25(30(3,27)28)17-6-4-5-16(13-17)20(21,22)23/h4-10,13-14H,11-12H2,1-3H3,(H,24,26)/t14-/m1/s1. The molecule has 0 spiro atoms. The molecule has 10 heteroatoms. The minimum Gasteiger partial charge on any atom is -0.497 e. The molecule has 164 valence electrons. The summed E-state index contributed by atoms with van der Waals surface area (Å²) in [7, 11) is -2.47. The molecule has 0 saturated carbocycles. The molecule has 0 aromatic heterocycles. The van der Waals surface area contributed by atoms with Crippen molar-refractivity contribution in [2.24, 2.45) is 0 Å². The molecule has 0 heterocycles. The molecule has 2 aromatic carbocycles. The second-order valence-corrected chi connectivity index (χ2v) is 8.53. The summed E-state index contributed by atoms with van der Waals surface area (Å²) in [6, 6.07) is 9.85. The summed E-state index contributed by atoms with van der Waals surface area (Å²) in [5.41, 5.74) is -0.299. The smallest absolute Gasteiger partial charge is 0.416 e. The first kappa shape index (κ1) is 23.5. The van der Waals surface area contributed by atoms with E-state index in [1.54, 1.807) is 19.2 Å². The van der Waals surface area contributed by atoms with Gasteiger partial charge in [0.1, 0.15) is 11.8 Å². The van der Waals surface area contributed by atoms with E-state index in [9.17, 15) is 26.4 Å². The number of rotatable bonds is 8. The van der Waals surface area contributed by atoms with Crippen molar-refractivity contribution in [1.29, 1.82) is 0 Å². The number of nitrogens with zero attached hydrogens (tertiary/aromatic N) is 1. The summed E-state index contributed by atoms with van der Waals surface area (Å²) in [4.78, 5) is 12.5.